The van der Waals surface area contributed by atoms with E-state index >= 15 is 0 Å². The van der Waals surface area contributed by atoms with Crippen LogP contribution in [0.4, 0.5) is 0 Å². The van der Waals surface area contributed by atoms with Crippen molar-refractivity contribution in [3.8, 4) is 17.2 Å². The summed E-state index contributed by atoms with van der Waals surface area (Å²) in [6, 6.07) is 13.5. The van der Waals surface area contributed by atoms with Gasteiger partial charge in [0, 0.05) is 24.5 Å². The highest BCUT2D eigenvalue weighted by Crippen LogP contribution is 2.36. The van der Waals surface area contributed by atoms with Gasteiger partial charge < -0.3 is 14.8 Å². The van der Waals surface area contributed by atoms with Crippen LogP contribution in [0.3, 0.4) is 0 Å². The molecule has 0 fully saturated rings. The lowest BCUT2D eigenvalue weighted by Crippen LogP contribution is -2.25. The first-order valence-corrected chi connectivity index (χ1v) is 10.3. The van der Waals surface area contributed by atoms with Crippen molar-refractivity contribution >= 4 is 21.8 Å². The lowest BCUT2D eigenvalue weighted by Gasteiger charge is -2.14. The summed E-state index contributed by atoms with van der Waals surface area (Å²) in [7, 11) is 1.56. The smallest absolute Gasteiger partial charge is 0.251 e. The number of rotatable bonds is 9. The third kappa shape index (κ3) is 5.38. The number of hydrogen-bond acceptors (Lipinski definition) is 4. The van der Waals surface area contributed by atoms with Gasteiger partial charge in [0.2, 0.25) is 0 Å². The minimum atomic E-state index is -0.154. The molecule has 0 atom stereocenters. The standard InChI is InChI=1S/C22H24BrN3O3/c1-3-13-29-21-19(23)14-17(15-20(21)28-2)22(27)24-11-9-16-5-7-18(8-6-16)26-12-4-10-25-26/h4-8,10,12,14-15H,3,9,11,13H2,1-2H3,(H,24,27). The van der Waals surface area contributed by atoms with Gasteiger partial charge in [0.25, 0.3) is 5.91 Å². The number of nitrogens with zero attached hydrogens (tertiary/aromatic N) is 2. The van der Waals surface area contributed by atoms with Crippen LogP contribution in [0, 0.1) is 0 Å². The number of hydrogen-bond donors (Lipinski definition) is 1. The highest BCUT2D eigenvalue weighted by atomic mass is 79.9. The predicted octanol–water partition coefficient (Wildman–Crippen LogP) is 4.40. The van der Waals surface area contributed by atoms with Gasteiger partial charge in [-0.2, -0.15) is 5.10 Å². The maximum absolute atomic E-state index is 12.6. The summed E-state index contributed by atoms with van der Waals surface area (Å²) < 4.78 is 13.6. The Kier molecular flexibility index (Phi) is 7.30. The molecule has 0 aliphatic carbocycles. The fourth-order valence-electron chi connectivity index (χ4n) is 2.85. The fourth-order valence-corrected chi connectivity index (χ4v) is 3.41. The van der Waals surface area contributed by atoms with Crippen LogP contribution in [-0.4, -0.2) is 35.9 Å². The highest BCUT2D eigenvalue weighted by molar-refractivity contribution is 9.10. The molecule has 3 rings (SSSR count). The number of carbonyl (C=O) groups is 1. The second kappa shape index (κ2) is 10.1. The molecule has 2 aromatic carbocycles. The van der Waals surface area contributed by atoms with Crippen molar-refractivity contribution in [2.24, 2.45) is 0 Å². The zero-order valence-electron chi connectivity index (χ0n) is 16.5. The van der Waals surface area contributed by atoms with Gasteiger partial charge in [-0.15, -0.1) is 0 Å². The van der Waals surface area contributed by atoms with Crippen LogP contribution >= 0.6 is 15.9 Å². The number of halogens is 1. The molecule has 29 heavy (non-hydrogen) atoms. The van der Waals surface area contributed by atoms with Crippen LogP contribution in [0.2, 0.25) is 0 Å². The second-order valence-corrected chi connectivity index (χ2v) is 7.32. The van der Waals surface area contributed by atoms with Crippen molar-refractivity contribution in [2.75, 3.05) is 20.3 Å². The molecular formula is C22H24BrN3O3. The van der Waals surface area contributed by atoms with Crippen molar-refractivity contribution in [1.82, 2.24) is 15.1 Å². The van der Waals surface area contributed by atoms with E-state index in [4.69, 9.17) is 9.47 Å². The van der Waals surface area contributed by atoms with Crippen molar-refractivity contribution in [3.63, 3.8) is 0 Å². The summed E-state index contributed by atoms with van der Waals surface area (Å²) >= 11 is 3.47. The van der Waals surface area contributed by atoms with Gasteiger partial charge >= 0.3 is 0 Å². The van der Waals surface area contributed by atoms with Gasteiger partial charge in [0.05, 0.1) is 23.9 Å². The summed E-state index contributed by atoms with van der Waals surface area (Å²) in [5.74, 6) is 0.995. The molecule has 1 heterocycles. The zero-order chi connectivity index (χ0) is 20.6. The maximum atomic E-state index is 12.6. The quantitative estimate of drug-likeness (QED) is 0.516. The largest absolute Gasteiger partial charge is 0.493 e. The molecule has 0 aliphatic heterocycles. The van der Waals surface area contributed by atoms with E-state index in [0.717, 1.165) is 24.1 Å². The number of aromatic nitrogens is 2. The number of ether oxygens (including phenoxy) is 2. The average Bonchev–Trinajstić information content (AvgIpc) is 3.27. The molecule has 0 radical (unpaired) electrons. The number of amides is 1. The predicted molar refractivity (Wildman–Crippen MR) is 116 cm³/mol. The molecule has 6 nitrogen and oxygen atoms in total. The Labute approximate surface area is 179 Å². The van der Waals surface area contributed by atoms with E-state index in [9.17, 15) is 4.79 Å². The van der Waals surface area contributed by atoms with Gasteiger partial charge in [-0.25, -0.2) is 4.68 Å². The first kappa shape index (κ1) is 20.9. The van der Waals surface area contributed by atoms with Crippen molar-refractivity contribution in [2.45, 2.75) is 19.8 Å². The monoisotopic (exact) mass is 457 g/mol. The zero-order valence-corrected chi connectivity index (χ0v) is 18.1. The van der Waals surface area contributed by atoms with Gasteiger partial charge in [0.15, 0.2) is 11.5 Å². The van der Waals surface area contributed by atoms with Crippen molar-refractivity contribution in [1.29, 1.82) is 0 Å². The highest BCUT2D eigenvalue weighted by Gasteiger charge is 2.15. The minimum absolute atomic E-state index is 0.154. The first-order valence-electron chi connectivity index (χ1n) is 9.50. The van der Waals surface area contributed by atoms with E-state index in [-0.39, 0.29) is 5.91 Å². The molecule has 0 unspecified atom stereocenters. The average molecular weight is 458 g/mol. The van der Waals surface area contributed by atoms with Crippen LogP contribution < -0.4 is 14.8 Å². The Balaban J connectivity index is 1.58. The molecule has 1 aromatic heterocycles. The van der Waals surface area contributed by atoms with Crippen molar-refractivity contribution < 1.29 is 14.3 Å². The molecule has 3 aromatic rings. The molecule has 0 saturated carbocycles. The second-order valence-electron chi connectivity index (χ2n) is 6.46. The van der Waals surface area contributed by atoms with Crippen LogP contribution in [0.25, 0.3) is 5.69 Å². The molecule has 1 N–H and O–H groups in total. The summed E-state index contributed by atoms with van der Waals surface area (Å²) in [6.07, 6.45) is 5.28. The van der Waals surface area contributed by atoms with Crippen LogP contribution in [-0.2, 0) is 6.42 Å². The van der Waals surface area contributed by atoms with Crippen LogP contribution in [0.5, 0.6) is 11.5 Å². The topological polar surface area (TPSA) is 65.4 Å². The Morgan fingerprint density at radius 1 is 1.24 bits per heavy atom. The summed E-state index contributed by atoms with van der Waals surface area (Å²) in [4.78, 5) is 12.6. The summed E-state index contributed by atoms with van der Waals surface area (Å²) in [5, 5.41) is 7.17. The molecule has 0 spiro atoms. The van der Waals surface area contributed by atoms with E-state index in [1.807, 2.05) is 48.1 Å². The van der Waals surface area contributed by atoms with Gasteiger partial charge in [-0.1, -0.05) is 19.1 Å². The van der Waals surface area contributed by atoms with Crippen LogP contribution in [0.15, 0.2) is 59.3 Å². The minimum Gasteiger partial charge on any atom is -0.493 e. The number of carbonyl (C=O) groups excluding carboxylic acids is 1. The third-order valence-corrected chi connectivity index (χ3v) is 4.94. The van der Waals surface area contributed by atoms with Gasteiger partial charge in [0.1, 0.15) is 0 Å². The summed E-state index contributed by atoms with van der Waals surface area (Å²) in [5.41, 5.74) is 2.67. The fraction of sp³-hybridized carbons (Fsp3) is 0.273. The number of methoxy groups -OCH3 is 1. The number of nitrogens with one attached hydrogen (secondary N) is 1. The summed E-state index contributed by atoms with van der Waals surface area (Å²) in [6.45, 7) is 3.15. The molecule has 0 aliphatic rings. The van der Waals surface area contributed by atoms with Gasteiger partial charge in [-0.05, 0) is 64.7 Å². The Morgan fingerprint density at radius 3 is 2.69 bits per heavy atom. The third-order valence-electron chi connectivity index (χ3n) is 4.35. The first-order chi connectivity index (χ1) is 14.1. The SMILES string of the molecule is CCCOc1c(Br)cc(C(=O)NCCc2ccc(-n3cccn3)cc2)cc1OC. The van der Waals surface area contributed by atoms with E-state index < -0.39 is 0 Å². The molecule has 152 valence electrons. The maximum Gasteiger partial charge on any atom is 0.251 e. The van der Waals surface area contributed by atoms with E-state index in [1.54, 1.807) is 25.4 Å². The van der Waals surface area contributed by atoms with Crippen molar-refractivity contribution in [3.05, 3.63) is 70.5 Å². The lowest BCUT2D eigenvalue weighted by molar-refractivity contribution is 0.0953. The normalized spacial score (nSPS) is 10.6. The van der Waals surface area contributed by atoms with Gasteiger partial charge in [-0.3, -0.25) is 4.79 Å². The Hall–Kier alpha value is -2.80. The van der Waals surface area contributed by atoms with E-state index in [0.29, 0.717) is 34.7 Å². The molecule has 0 bridgehead atoms. The molecule has 1 amide bonds. The Bertz CT molecular complexity index is 941. The van der Waals surface area contributed by atoms with E-state index in [1.165, 1.54) is 0 Å². The Morgan fingerprint density at radius 2 is 2.03 bits per heavy atom. The van der Waals surface area contributed by atoms with E-state index in [2.05, 4.69) is 26.3 Å². The molecule has 0 saturated heterocycles. The number of benzene rings is 2. The van der Waals surface area contributed by atoms with Crippen LogP contribution in [0.1, 0.15) is 29.3 Å². The molecule has 7 heteroatoms. The molecular weight excluding hydrogens is 434 g/mol. The lowest BCUT2D eigenvalue weighted by atomic mass is 10.1.